The van der Waals surface area contributed by atoms with E-state index in [9.17, 15) is 4.79 Å². The number of carboxylic acid groups (broad SMARTS) is 1. The van der Waals surface area contributed by atoms with Crippen LogP contribution < -0.4 is 9.64 Å². The maximum atomic E-state index is 10.9. The molecule has 0 radical (unpaired) electrons. The summed E-state index contributed by atoms with van der Waals surface area (Å²) in [6, 6.07) is 1.87. The number of carbonyl (C=O) groups is 1. The molecule has 1 aromatic rings. The Morgan fingerprint density at radius 2 is 2.16 bits per heavy atom. The Morgan fingerprint density at radius 3 is 2.74 bits per heavy atom. The topological polar surface area (TPSA) is 78.8 Å². The predicted octanol–water partition coefficient (Wildman–Crippen LogP) is 1.06. The molecule has 7 heteroatoms. The third kappa shape index (κ3) is 3.04. The van der Waals surface area contributed by atoms with Crippen LogP contribution in [0.3, 0.4) is 0 Å². The van der Waals surface area contributed by atoms with Crippen LogP contribution in [0.1, 0.15) is 12.8 Å². The highest BCUT2D eigenvalue weighted by Gasteiger charge is 2.25. The Hall–Kier alpha value is -2.05. The predicted molar refractivity (Wildman–Crippen MR) is 69.6 cm³/mol. The molecule has 19 heavy (non-hydrogen) atoms. The van der Waals surface area contributed by atoms with Crippen molar-refractivity contribution < 1.29 is 14.6 Å². The van der Waals surface area contributed by atoms with Crippen LogP contribution in [-0.2, 0) is 0 Å². The fourth-order valence-corrected chi connectivity index (χ4v) is 2.25. The lowest BCUT2D eigenvalue weighted by atomic mass is 10.0. The fourth-order valence-electron chi connectivity index (χ4n) is 2.25. The standard InChI is InChI=1S/C12H18N4O3/c1-15(12(17)18)9-3-5-16(6-4-9)10-7-11(19-2)14-8-13-10/h7-9H,3-6H2,1-2H3,(H,17,18). The van der Waals surface area contributed by atoms with Gasteiger partial charge in [0.15, 0.2) is 0 Å². The molecule has 0 atom stereocenters. The molecular formula is C12H18N4O3. The van der Waals surface area contributed by atoms with E-state index >= 15 is 0 Å². The quantitative estimate of drug-likeness (QED) is 0.881. The van der Waals surface area contributed by atoms with E-state index in [1.165, 1.54) is 11.2 Å². The van der Waals surface area contributed by atoms with Crippen LogP contribution in [0.5, 0.6) is 5.88 Å². The molecule has 104 valence electrons. The maximum absolute atomic E-state index is 10.9. The van der Waals surface area contributed by atoms with Crippen molar-refractivity contribution in [3.05, 3.63) is 12.4 Å². The minimum Gasteiger partial charge on any atom is -0.481 e. The minimum absolute atomic E-state index is 0.0810. The Bertz CT molecular complexity index is 446. The van der Waals surface area contributed by atoms with Crippen molar-refractivity contribution in [3.8, 4) is 5.88 Å². The zero-order chi connectivity index (χ0) is 13.8. The summed E-state index contributed by atoms with van der Waals surface area (Å²) < 4.78 is 5.07. The van der Waals surface area contributed by atoms with Crippen LogP contribution in [0.15, 0.2) is 12.4 Å². The van der Waals surface area contributed by atoms with E-state index < -0.39 is 6.09 Å². The number of aromatic nitrogens is 2. The number of anilines is 1. The molecule has 7 nitrogen and oxygen atoms in total. The SMILES string of the molecule is COc1cc(N2CCC(N(C)C(=O)O)CC2)ncn1. The number of piperidine rings is 1. The van der Waals surface area contributed by atoms with Crippen LogP contribution in [0.4, 0.5) is 10.6 Å². The first-order valence-corrected chi connectivity index (χ1v) is 6.18. The van der Waals surface area contributed by atoms with E-state index in [0.717, 1.165) is 31.7 Å². The van der Waals surface area contributed by atoms with Gasteiger partial charge in [0.1, 0.15) is 12.1 Å². The second-order valence-electron chi connectivity index (χ2n) is 4.53. The molecule has 1 aliphatic rings. The molecule has 1 fully saturated rings. The molecule has 0 unspecified atom stereocenters. The van der Waals surface area contributed by atoms with Gasteiger partial charge in [-0.15, -0.1) is 0 Å². The second-order valence-corrected chi connectivity index (χ2v) is 4.53. The van der Waals surface area contributed by atoms with Crippen LogP contribution in [-0.4, -0.2) is 59.4 Å². The third-order valence-corrected chi connectivity index (χ3v) is 3.47. The van der Waals surface area contributed by atoms with Gasteiger partial charge in [-0.3, -0.25) is 0 Å². The van der Waals surface area contributed by atoms with Crippen molar-refractivity contribution in [3.63, 3.8) is 0 Å². The average molecular weight is 266 g/mol. The van der Waals surface area contributed by atoms with Crippen molar-refractivity contribution in [2.24, 2.45) is 0 Å². The molecule has 1 N–H and O–H groups in total. The molecular weight excluding hydrogens is 248 g/mol. The molecule has 2 rings (SSSR count). The number of ether oxygens (including phenoxy) is 1. The monoisotopic (exact) mass is 266 g/mol. The highest BCUT2D eigenvalue weighted by molar-refractivity contribution is 5.65. The highest BCUT2D eigenvalue weighted by Crippen LogP contribution is 2.22. The number of hydrogen-bond donors (Lipinski definition) is 1. The molecule has 1 saturated heterocycles. The van der Waals surface area contributed by atoms with Crippen molar-refractivity contribution in [2.75, 3.05) is 32.1 Å². The molecule has 0 spiro atoms. The molecule has 0 aromatic carbocycles. The number of nitrogens with zero attached hydrogens (tertiary/aromatic N) is 4. The van der Waals surface area contributed by atoms with Gasteiger partial charge < -0.3 is 19.6 Å². The molecule has 1 aliphatic heterocycles. The summed E-state index contributed by atoms with van der Waals surface area (Å²) in [5.41, 5.74) is 0. The van der Waals surface area contributed by atoms with Gasteiger partial charge in [0.25, 0.3) is 0 Å². The molecule has 2 heterocycles. The minimum atomic E-state index is -0.873. The summed E-state index contributed by atoms with van der Waals surface area (Å²) in [5.74, 6) is 1.36. The Morgan fingerprint density at radius 1 is 1.47 bits per heavy atom. The van der Waals surface area contributed by atoms with Gasteiger partial charge in [-0.05, 0) is 12.8 Å². The van der Waals surface area contributed by atoms with Crippen LogP contribution in [0, 0.1) is 0 Å². The first kappa shape index (κ1) is 13.4. The molecule has 0 bridgehead atoms. The lowest BCUT2D eigenvalue weighted by Gasteiger charge is -2.36. The number of rotatable bonds is 3. The van der Waals surface area contributed by atoms with E-state index in [4.69, 9.17) is 9.84 Å². The summed E-state index contributed by atoms with van der Waals surface area (Å²) in [4.78, 5) is 22.6. The van der Waals surface area contributed by atoms with Crippen LogP contribution >= 0.6 is 0 Å². The maximum Gasteiger partial charge on any atom is 0.407 e. The second kappa shape index (κ2) is 5.73. The normalized spacial score (nSPS) is 16.2. The van der Waals surface area contributed by atoms with Crippen molar-refractivity contribution in [1.82, 2.24) is 14.9 Å². The zero-order valence-corrected chi connectivity index (χ0v) is 11.1. The van der Waals surface area contributed by atoms with E-state index in [2.05, 4.69) is 14.9 Å². The summed E-state index contributed by atoms with van der Waals surface area (Å²) in [5, 5.41) is 8.96. The van der Waals surface area contributed by atoms with Gasteiger partial charge in [0.05, 0.1) is 7.11 Å². The summed E-state index contributed by atoms with van der Waals surface area (Å²) >= 11 is 0. The summed E-state index contributed by atoms with van der Waals surface area (Å²) in [6.07, 6.45) is 2.20. The number of methoxy groups -OCH3 is 1. The molecule has 0 aliphatic carbocycles. The largest absolute Gasteiger partial charge is 0.481 e. The van der Waals surface area contributed by atoms with E-state index in [-0.39, 0.29) is 6.04 Å². The molecule has 1 aromatic heterocycles. The fraction of sp³-hybridized carbons (Fsp3) is 0.583. The van der Waals surface area contributed by atoms with Gasteiger partial charge in [-0.1, -0.05) is 0 Å². The summed E-state index contributed by atoms with van der Waals surface area (Å²) in [7, 11) is 3.19. The summed E-state index contributed by atoms with van der Waals surface area (Å²) in [6.45, 7) is 1.56. The first-order chi connectivity index (χ1) is 9.11. The Kier molecular flexibility index (Phi) is 4.03. The van der Waals surface area contributed by atoms with Gasteiger partial charge in [-0.2, -0.15) is 0 Å². The van der Waals surface area contributed by atoms with E-state index in [1.807, 2.05) is 0 Å². The first-order valence-electron chi connectivity index (χ1n) is 6.18. The van der Waals surface area contributed by atoms with Gasteiger partial charge in [-0.25, -0.2) is 14.8 Å². The van der Waals surface area contributed by atoms with Crippen molar-refractivity contribution >= 4 is 11.9 Å². The van der Waals surface area contributed by atoms with Gasteiger partial charge in [0.2, 0.25) is 5.88 Å². The van der Waals surface area contributed by atoms with Gasteiger partial charge >= 0.3 is 6.09 Å². The smallest absolute Gasteiger partial charge is 0.407 e. The number of hydrogen-bond acceptors (Lipinski definition) is 5. The highest BCUT2D eigenvalue weighted by atomic mass is 16.5. The molecule has 1 amide bonds. The average Bonchev–Trinajstić information content (AvgIpc) is 2.46. The van der Waals surface area contributed by atoms with E-state index in [1.54, 1.807) is 20.2 Å². The van der Waals surface area contributed by atoms with Gasteiger partial charge in [0, 0.05) is 32.2 Å². The number of amides is 1. The lowest BCUT2D eigenvalue weighted by Crippen LogP contribution is -2.45. The molecule has 0 saturated carbocycles. The Labute approximate surface area is 111 Å². The van der Waals surface area contributed by atoms with Crippen LogP contribution in [0.25, 0.3) is 0 Å². The zero-order valence-electron chi connectivity index (χ0n) is 11.1. The van der Waals surface area contributed by atoms with Crippen molar-refractivity contribution in [1.29, 1.82) is 0 Å². The van der Waals surface area contributed by atoms with E-state index in [0.29, 0.717) is 5.88 Å². The lowest BCUT2D eigenvalue weighted by molar-refractivity contribution is 0.131. The Balaban J connectivity index is 1.97. The third-order valence-electron chi connectivity index (χ3n) is 3.47. The van der Waals surface area contributed by atoms with Crippen LogP contribution in [0.2, 0.25) is 0 Å². The van der Waals surface area contributed by atoms with Crippen molar-refractivity contribution in [2.45, 2.75) is 18.9 Å².